The molecule has 0 unspecified atom stereocenters. The first kappa shape index (κ1) is 8.95. The lowest BCUT2D eigenvalue weighted by molar-refractivity contribution is 0.462. The molecule has 12 heavy (non-hydrogen) atoms. The van der Waals surface area contributed by atoms with Gasteiger partial charge >= 0.3 is 0 Å². The van der Waals surface area contributed by atoms with E-state index in [1.165, 1.54) is 6.07 Å². The summed E-state index contributed by atoms with van der Waals surface area (Å²) in [7, 11) is -4.41. The Labute approximate surface area is 70.0 Å². The molecule has 0 atom stereocenters. The third kappa shape index (κ3) is 1.72. The molecule has 0 amide bonds. The predicted molar refractivity (Wildman–Crippen MR) is 41.3 cm³/mol. The summed E-state index contributed by atoms with van der Waals surface area (Å²) in [6.45, 7) is 1.58. The lowest BCUT2D eigenvalue weighted by Gasteiger charge is -2.07. The lowest BCUT2D eigenvalue weighted by Crippen LogP contribution is -2.02. The number of pyridine rings is 1. The molecule has 0 bridgehead atoms. The number of hydrogen-bond acceptors (Lipinski definition) is 5. The van der Waals surface area contributed by atoms with Gasteiger partial charge in [-0.25, -0.2) is 13.4 Å². The second kappa shape index (κ2) is 2.72. The maximum absolute atomic E-state index is 10.5. The SMILES string of the molecule is Cc1cc(S(=O)(=O)[O-])cnc1N. The summed E-state index contributed by atoms with van der Waals surface area (Å²) in [6, 6.07) is 1.20. The van der Waals surface area contributed by atoms with Gasteiger partial charge in [-0.05, 0) is 18.6 Å². The van der Waals surface area contributed by atoms with Crippen LogP contribution >= 0.6 is 0 Å². The van der Waals surface area contributed by atoms with Crippen molar-refractivity contribution in [3.63, 3.8) is 0 Å². The molecule has 0 saturated carbocycles. The van der Waals surface area contributed by atoms with Gasteiger partial charge in [-0.3, -0.25) is 0 Å². The van der Waals surface area contributed by atoms with Crippen LogP contribution in [0.25, 0.3) is 0 Å². The van der Waals surface area contributed by atoms with E-state index in [9.17, 15) is 13.0 Å². The Bertz CT molecular complexity index is 399. The van der Waals surface area contributed by atoms with Gasteiger partial charge in [0.15, 0.2) is 0 Å². The summed E-state index contributed by atoms with van der Waals surface area (Å²) in [4.78, 5) is 3.19. The molecule has 6 heteroatoms. The average Bonchev–Trinajstić information content (AvgIpc) is 1.92. The van der Waals surface area contributed by atoms with Crippen molar-refractivity contribution in [1.82, 2.24) is 4.98 Å². The van der Waals surface area contributed by atoms with Crippen molar-refractivity contribution in [1.29, 1.82) is 0 Å². The molecule has 1 aromatic heterocycles. The summed E-state index contributed by atoms with van der Waals surface area (Å²) in [5.41, 5.74) is 5.80. The van der Waals surface area contributed by atoms with Crippen LogP contribution < -0.4 is 5.73 Å². The molecule has 1 heterocycles. The average molecular weight is 187 g/mol. The van der Waals surface area contributed by atoms with E-state index in [0.717, 1.165) is 6.20 Å². The van der Waals surface area contributed by atoms with Gasteiger partial charge in [0.25, 0.3) is 0 Å². The van der Waals surface area contributed by atoms with Crippen LogP contribution in [0.3, 0.4) is 0 Å². The normalized spacial score (nSPS) is 11.5. The zero-order valence-corrected chi connectivity index (χ0v) is 7.13. The number of aromatic nitrogens is 1. The Morgan fingerprint density at radius 3 is 2.58 bits per heavy atom. The molecular weight excluding hydrogens is 180 g/mol. The second-order valence-corrected chi connectivity index (χ2v) is 3.71. The highest BCUT2D eigenvalue weighted by Crippen LogP contribution is 2.12. The van der Waals surface area contributed by atoms with Crippen LogP contribution in [0.15, 0.2) is 17.2 Å². The fraction of sp³-hybridized carbons (Fsp3) is 0.167. The first-order chi connectivity index (χ1) is 5.41. The molecule has 0 radical (unpaired) electrons. The summed E-state index contributed by atoms with van der Waals surface area (Å²) in [5.74, 6) is 0.224. The standard InChI is InChI=1S/C6H8N2O3S/c1-4-2-5(12(9,10)11)3-8-6(4)7/h2-3H,1H3,(H2,7,8)(H,9,10,11)/p-1. The number of nitrogens with zero attached hydrogens (tertiary/aromatic N) is 1. The fourth-order valence-corrected chi connectivity index (χ4v) is 1.20. The number of anilines is 1. The van der Waals surface area contributed by atoms with E-state index in [0.29, 0.717) is 5.56 Å². The molecule has 0 aromatic carbocycles. The van der Waals surface area contributed by atoms with Gasteiger partial charge in [0.2, 0.25) is 0 Å². The molecular formula is C6H7N2O3S-. The number of nitrogens with two attached hydrogens (primary N) is 1. The first-order valence-electron chi connectivity index (χ1n) is 3.09. The van der Waals surface area contributed by atoms with Gasteiger partial charge < -0.3 is 10.3 Å². The van der Waals surface area contributed by atoms with E-state index in [4.69, 9.17) is 5.73 Å². The number of nitrogen functional groups attached to an aromatic ring is 1. The minimum Gasteiger partial charge on any atom is -0.744 e. The Balaban J connectivity index is 3.33. The molecule has 1 aromatic rings. The van der Waals surface area contributed by atoms with Gasteiger partial charge in [-0.15, -0.1) is 0 Å². The van der Waals surface area contributed by atoms with E-state index in [1.807, 2.05) is 0 Å². The van der Waals surface area contributed by atoms with E-state index in [2.05, 4.69) is 4.98 Å². The van der Waals surface area contributed by atoms with Crippen LogP contribution in [0.5, 0.6) is 0 Å². The van der Waals surface area contributed by atoms with E-state index in [-0.39, 0.29) is 10.7 Å². The highest BCUT2D eigenvalue weighted by molar-refractivity contribution is 7.85. The highest BCUT2D eigenvalue weighted by Gasteiger charge is 2.03. The van der Waals surface area contributed by atoms with Crippen LogP contribution in [0.2, 0.25) is 0 Å². The number of aryl methyl sites for hydroxylation is 1. The Hall–Kier alpha value is -1.14. The van der Waals surface area contributed by atoms with E-state index >= 15 is 0 Å². The monoisotopic (exact) mass is 187 g/mol. The fourth-order valence-electron chi connectivity index (χ4n) is 0.696. The molecule has 66 valence electrons. The van der Waals surface area contributed by atoms with Gasteiger partial charge in [0.05, 0.1) is 4.90 Å². The van der Waals surface area contributed by atoms with Crippen molar-refractivity contribution in [2.45, 2.75) is 11.8 Å². The predicted octanol–water partition coefficient (Wildman–Crippen LogP) is -0.124. The highest BCUT2D eigenvalue weighted by atomic mass is 32.2. The van der Waals surface area contributed by atoms with Crippen molar-refractivity contribution in [3.05, 3.63) is 17.8 Å². The molecule has 0 aliphatic rings. The van der Waals surface area contributed by atoms with E-state index < -0.39 is 10.1 Å². The summed E-state index contributed by atoms with van der Waals surface area (Å²) in [6.07, 6.45) is 0.949. The Kier molecular flexibility index (Phi) is 2.03. The van der Waals surface area contributed by atoms with Gasteiger partial charge in [-0.1, -0.05) is 0 Å². The summed E-state index contributed by atoms with van der Waals surface area (Å²) >= 11 is 0. The van der Waals surface area contributed by atoms with Crippen molar-refractivity contribution < 1.29 is 13.0 Å². The summed E-state index contributed by atoms with van der Waals surface area (Å²) in [5, 5.41) is 0. The van der Waals surface area contributed by atoms with Crippen molar-refractivity contribution >= 4 is 15.9 Å². The molecule has 5 nitrogen and oxygen atoms in total. The third-order valence-electron chi connectivity index (χ3n) is 1.38. The minimum absolute atomic E-state index is 0.224. The van der Waals surface area contributed by atoms with Crippen molar-refractivity contribution in [3.8, 4) is 0 Å². The first-order valence-corrected chi connectivity index (χ1v) is 4.50. The molecule has 0 spiro atoms. The Morgan fingerprint density at radius 1 is 1.58 bits per heavy atom. The van der Waals surface area contributed by atoms with Crippen LogP contribution in [-0.4, -0.2) is 18.0 Å². The maximum Gasteiger partial charge on any atom is 0.126 e. The van der Waals surface area contributed by atoms with Gasteiger partial charge in [-0.2, -0.15) is 0 Å². The summed E-state index contributed by atoms with van der Waals surface area (Å²) < 4.78 is 31.4. The third-order valence-corrected chi connectivity index (χ3v) is 2.18. The van der Waals surface area contributed by atoms with Crippen molar-refractivity contribution in [2.24, 2.45) is 0 Å². The molecule has 0 fully saturated rings. The van der Waals surface area contributed by atoms with Crippen LogP contribution in [-0.2, 0) is 10.1 Å². The van der Waals surface area contributed by atoms with Crippen molar-refractivity contribution in [2.75, 3.05) is 5.73 Å². The minimum atomic E-state index is -4.41. The molecule has 0 aliphatic heterocycles. The second-order valence-electron chi connectivity index (χ2n) is 2.33. The molecule has 0 aliphatic carbocycles. The largest absolute Gasteiger partial charge is 0.744 e. The number of hydrogen-bond donors (Lipinski definition) is 1. The maximum atomic E-state index is 10.5. The smallest absolute Gasteiger partial charge is 0.126 e. The molecule has 2 N–H and O–H groups in total. The quantitative estimate of drug-likeness (QED) is 0.618. The van der Waals surface area contributed by atoms with Gasteiger partial charge in [0, 0.05) is 6.20 Å². The topological polar surface area (TPSA) is 96.1 Å². The Morgan fingerprint density at radius 2 is 2.17 bits per heavy atom. The van der Waals surface area contributed by atoms with Gasteiger partial charge in [0.1, 0.15) is 15.9 Å². The zero-order chi connectivity index (χ0) is 9.35. The number of rotatable bonds is 1. The lowest BCUT2D eigenvalue weighted by atomic mass is 10.3. The molecule has 0 saturated heterocycles. The van der Waals surface area contributed by atoms with Crippen LogP contribution in [0, 0.1) is 6.92 Å². The van der Waals surface area contributed by atoms with E-state index in [1.54, 1.807) is 6.92 Å². The zero-order valence-electron chi connectivity index (χ0n) is 6.31. The van der Waals surface area contributed by atoms with Crippen LogP contribution in [0.4, 0.5) is 5.82 Å². The molecule has 1 rings (SSSR count). The van der Waals surface area contributed by atoms with Crippen LogP contribution in [0.1, 0.15) is 5.56 Å².